The lowest BCUT2D eigenvalue weighted by molar-refractivity contribution is -0.114. The van der Waals surface area contributed by atoms with Crippen molar-refractivity contribution in [1.29, 1.82) is 0 Å². The topological polar surface area (TPSA) is 88.9 Å². The van der Waals surface area contributed by atoms with Gasteiger partial charge in [0.15, 0.2) is 0 Å². The molecule has 0 saturated carbocycles. The van der Waals surface area contributed by atoms with Gasteiger partial charge in [0, 0.05) is 6.42 Å². The van der Waals surface area contributed by atoms with Crippen molar-refractivity contribution in [2.75, 3.05) is 0 Å². The molecule has 6 nitrogen and oxygen atoms in total. The predicted octanol–water partition coefficient (Wildman–Crippen LogP) is 2.18. The highest BCUT2D eigenvalue weighted by Crippen LogP contribution is 2.13. The van der Waals surface area contributed by atoms with E-state index in [0.717, 1.165) is 18.6 Å². The Morgan fingerprint density at radius 1 is 1.00 bits per heavy atom. The van der Waals surface area contributed by atoms with Crippen molar-refractivity contribution < 1.29 is 14.0 Å². The largest absolute Gasteiger partial charge is 0.466 e. The fourth-order valence-corrected chi connectivity index (χ4v) is 2.25. The lowest BCUT2D eigenvalue weighted by Crippen LogP contribution is -2.17. The molecule has 2 heterocycles. The zero-order chi connectivity index (χ0) is 16.1. The molecule has 3 aromatic rings. The number of furan rings is 1. The lowest BCUT2D eigenvalue weighted by Gasteiger charge is -1.99. The number of H-pyrrole nitrogens is 1. The van der Waals surface area contributed by atoms with Gasteiger partial charge in [-0.15, -0.1) is 5.10 Å². The van der Waals surface area contributed by atoms with E-state index in [1.807, 2.05) is 24.3 Å². The van der Waals surface area contributed by atoms with Gasteiger partial charge in [-0.2, -0.15) is 0 Å². The number of aryl methyl sites for hydroxylation is 2. The summed E-state index contributed by atoms with van der Waals surface area (Å²) >= 11 is 0. The van der Waals surface area contributed by atoms with Crippen LogP contribution in [0.25, 0.3) is 0 Å². The van der Waals surface area contributed by atoms with Crippen molar-refractivity contribution >= 4 is 11.6 Å². The number of aromatic nitrogens is 3. The molecule has 23 heavy (non-hydrogen) atoms. The van der Waals surface area contributed by atoms with Crippen LogP contribution in [-0.2, 0) is 24.1 Å². The number of rotatable bonds is 7. The summed E-state index contributed by atoms with van der Waals surface area (Å²) in [6.45, 7) is 0. The second kappa shape index (κ2) is 6.83. The SMILES string of the molecule is O=C(Cc1ccc(CCc2ccccc2)o1)C(=O)c1nc[nH]n1. The van der Waals surface area contributed by atoms with E-state index >= 15 is 0 Å². The zero-order valence-corrected chi connectivity index (χ0v) is 12.4. The van der Waals surface area contributed by atoms with Gasteiger partial charge in [-0.3, -0.25) is 14.7 Å². The third-order valence-electron chi connectivity index (χ3n) is 3.43. The van der Waals surface area contributed by atoms with E-state index in [2.05, 4.69) is 27.3 Å². The number of carbonyl (C=O) groups is 2. The monoisotopic (exact) mass is 309 g/mol. The Hall–Kier alpha value is -3.02. The van der Waals surface area contributed by atoms with Crippen molar-refractivity contribution in [3.63, 3.8) is 0 Å². The van der Waals surface area contributed by atoms with Gasteiger partial charge in [0.25, 0.3) is 5.78 Å². The molecular formula is C17H15N3O3. The Balaban J connectivity index is 1.57. The van der Waals surface area contributed by atoms with Gasteiger partial charge < -0.3 is 4.42 Å². The van der Waals surface area contributed by atoms with Crippen molar-refractivity contribution in [2.24, 2.45) is 0 Å². The fourth-order valence-electron chi connectivity index (χ4n) is 2.25. The van der Waals surface area contributed by atoms with Gasteiger partial charge in [0.1, 0.15) is 17.8 Å². The van der Waals surface area contributed by atoms with E-state index in [-0.39, 0.29) is 12.2 Å². The predicted molar refractivity (Wildman–Crippen MR) is 82.0 cm³/mol. The molecule has 1 N–H and O–H groups in total. The first-order valence-corrected chi connectivity index (χ1v) is 7.27. The lowest BCUT2D eigenvalue weighted by atomic mass is 10.1. The Morgan fingerprint density at radius 2 is 1.78 bits per heavy atom. The standard InChI is InChI=1S/C17H15N3O3/c21-15(16(22)17-18-11-19-20-17)10-14-9-8-13(23-14)7-6-12-4-2-1-3-5-12/h1-5,8-9,11H,6-7,10H2,(H,18,19,20). The number of Topliss-reactive ketones (excluding diaryl/α,β-unsaturated/α-hetero) is 2. The average Bonchev–Trinajstić information content (AvgIpc) is 3.25. The van der Waals surface area contributed by atoms with Crippen LogP contribution < -0.4 is 0 Å². The summed E-state index contributed by atoms with van der Waals surface area (Å²) in [7, 11) is 0. The van der Waals surface area contributed by atoms with Crippen LogP contribution in [0.2, 0.25) is 0 Å². The Morgan fingerprint density at radius 3 is 2.52 bits per heavy atom. The van der Waals surface area contributed by atoms with Crippen molar-refractivity contribution in [2.45, 2.75) is 19.3 Å². The molecule has 1 aromatic carbocycles. The van der Waals surface area contributed by atoms with Crippen LogP contribution in [0.5, 0.6) is 0 Å². The highest BCUT2D eigenvalue weighted by atomic mass is 16.3. The molecular weight excluding hydrogens is 294 g/mol. The molecule has 0 spiro atoms. The summed E-state index contributed by atoms with van der Waals surface area (Å²) in [6, 6.07) is 13.6. The number of hydrogen-bond donors (Lipinski definition) is 1. The Bertz CT molecular complexity index is 792. The summed E-state index contributed by atoms with van der Waals surface area (Å²) in [6.07, 6.45) is 2.78. The maximum Gasteiger partial charge on any atom is 0.268 e. The summed E-state index contributed by atoms with van der Waals surface area (Å²) in [4.78, 5) is 27.4. The fraction of sp³-hybridized carbons (Fsp3) is 0.176. The quantitative estimate of drug-likeness (QED) is 0.534. The second-order valence-corrected chi connectivity index (χ2v) is 5.11. The molecule has 0 saturated heterocycles. The van der Waals surface area contributed by atoms with E-state index < -0.39 is 11.6 Å². The maximum absolute atomic E-state index is 11.9. The van der Waals surface area contributed by atoms with Crippen molar-refractivity contribution in [1.82, 2.24) is 15.2 Å². The third kappa shape index (κ3) is 3.79. The first-order chi connectivity index (χ1) is 11.2. The van der Waals surface area contributed by atoms with Crippen LogP contribution >= 0.6 is 0 Å². The maximum atomic E-state index is 11.9. The molecule has 116 valence electrons. The molecule has 6 heteroatoms. The van der Waals surface area contributed by atoms with Gasteiger partial charge in [-0.25, -0.2) is 4.98 Å². The van der Waals surface area contributed by atoms with E-state index in [4.69, 9.17) is 4.42 Å². The van der Waals surface area contributed by atoms with E-state index in [0.29, 0.717) is 5.76 Å². The smallest absolute Gasteiger partial charge is 0.268 e. The molecule has 0 aliphatic carbocycles. The highest BCUT2D eigenvalue weighted by molar-refractivity contribution is 6.42. The number of carbonyl (C=O) groups excluding carboxylic acids is 2. The van der Waals surface area contributed by atoms with Crippen LogP contribution in [0, 0.1) is 0 Å². The first-order valence-electron chi connectivity index (χ1n) is 7.27. The average molecular weight is 309 g/mol. The number of nitrogens with zero attached hydrogens (tertiary/aromatic N) is 2. The summed E-state index contributed by atoms with van der Waals surface area (Å²) in [5, 5.41) is 6.02. The number of aromatic amines is 1. The Labute approximate surface area is 132 Å². The van der Waals surface area contributed by atoms with Crippen molar-refractivity contribution in [3.05, 3.63) is 71.7 Å². The molecule has 0 aliphatic heterocycles. The molecule has 2 aromatic heterocycles. The van der Waals surface area contributed by atoms with Crippen LogP contribution in [0.3, 0.4) is 0 Å². The number of nitrogens with one attached hydrogen (secondary N) is 1. The third-order valence-corrected chi connectivity index (χ3v) is 3.43. The normalized spacial score (nSPS) is 10.6. The minimum absolute atomic E-state index is 0.0846. The molecule has 0 fully saturated rings. The molecule has 3 rings (SSSR count). The summed E-state index contributed by atoms with van der Waals surface area (Å²) in [5.41, 5.74) is 1.22. The molecule has 0 radical (unpaired) electrons. The summed E-state index contributed by atoms with van der Waals surface area (Å²) < 4.78 is 5.62. The van der Waals surface area contributed by atoms with Gasteiger partial charge in [0.2, 0.25) is 11.6 Å². The van der Waals surface area contributed by atoms with Crippen LogP contribution in [0.1, 0.15) is 27.7 Å². The second-order valence-electron chi connectivity index (χ2n) is 5.11. The molecule has 0 unspecified atom stereocenters. The molecule has 0 bridgehead atoms. The zero-order valence-electron chi connectivity index (χ0n) is 12.4. The minimum atomic E-state index is -0.714. The highest BCUT2D eigenvalue weighted by Gasteiger charge is 2.21. The summed E-state index contributed by atoms with van der Waals surface area (Å²) in [5.74, 6) is -0.156. The van der Waals surface area contributed by atoms with Crippen LogP contribution in [0.15, 0.2) is 53.2 Å². The first kappa shape index (κ1) is 14.9. The van der Waals surface area contributed by atoms with Crippen LogP contribution in [-0.4, -0.2) is 26.7 Å². The van der Waals surface area contributed by atoms with Gasteiger partial charge in [-0.05, 0) is 24.1 Å². The minimum Gasteiger partial charge on any atom is -0.466 e. The Kier molecular flexibility index (Phi) is 4.42. The van der Waals surface area contributed by atoms with Gasteiger partial charge in [0.05, 0.1) is 6.42 Å². The molecule has 0 aliphatic rings. The number of ketones is 2. The van der Waals surface area contributed by atoms with E-state index in [1.165, 1.54) is 11.9 Å². The van der Waals surface area contributed by atoms with Crippen molar-refractivity contribution in [3.8, 4) is 0 Å². The number of hydrogen-bond acceptors (Lipinski definition) is 5. The van der Waals surface area contributed by atoms with E-state index in [9.17, 15) is 9.59 Å². The number of benzene rings is 1. The van der Waals surface area contributed by atoms with Crippen LogP contribution in [0.4, 0.5) is 0 Å². The van der Waals surface area contributed by atoms with E-state index in [1.54, 1.807) is 6.07 Å². The van der Waals surface area contributed by atoms with Gasteiger partial charge in [-0.1, -0.05) is 30.3 Å². The molecule has 0 atom stereocenters. The molecule has 0 amide bonds. The van der Waals surface area contributed by atoms with Gasteiger partial charge >= 0.3 is 0 Å².